The van der Waals surface area contributed by atoms with Crippen molar-refractivity contribution in [3.05, 3.63) is 0 Å². The zero-order chi connectivity index (χ0) is 14.6. The Morgan fingerprint density at radius 1 is 1.11 bits per heavy atom. The fraction of sp³-hybridized carbons (Fsp3) is 1.00. The Morgan fingerprint density at radius 3 is 2.05 bits per heavy atom. The van der Waals surface area contributed by atoms with E-state index in [4.69, 9.17) is 9.84 Å². The van der Waals surface area contributed by atoms with E-state index in [1.165, 1.54) is 23.5 Å². The SMILES string of the molecule is CCSC(SCC)C1(O)O[C@H](CO)[C@@H](O)[C@H](O)[C@H]1O. The second kappa shape index (κ2) is 7.46. The summed E-state index contributed by atoms with van der Waals surface area (Å²) in [5, 5.41) is 49.2. The summed E-state index contributed by atoms with van der Waals surface area (Å²) in [5.74, 6) is -0.621. The monoisotopic (exact) mass is 314 g/mol. The lowest BCUT2D eigenvalue weighted by atomic mass is 9.93. The minimum atomic E-state index is -2.01. The maximum atomic E-state index is 10.6. The molecule has 5 N–H and O–H groups in total. The molecule has 0 aromatic heterocycles. The van der Waals surface area contributed by atoms with Crippen LogP contribution in [0.5, 0.6) is 0 Å². The quantitative estimate of drug-likeness (QED) is 0.396. The van der Waals surface area contributed by atoms with Gasteiger partial charge in [0.2, 0.25) is 5.79 Å². The molecule has 0 radical (unpaired) electrons. The first-order valence-corrected chi connectivity index (χ1v) is 8.30. The molecule has 6 nitrogen and oxygen atoms in total. The number of thioether (sulfide) groups is 2. The fourth-order valence-corrected chi connectivity index (χ4v) is 4.64. The predicted octanol–water partition coefficient (Wildman–Crippen LogP) is -1.02. The van der Waals surface area contributed by atoms with Gasteiger partial charge in [-0.3, -0.25) is 0 Å². The van der Waals surface area contributed by atoms with Crippen molar-refractivity contribution in [2.45, 2.75) is 48.6 Å². The number of hydrogen-bond donors (Lipinski definition) is 5. The topological polar surface area (TPSA) is 110 Å². The number of aliphatic hydroxyl groups is 5. The number of ether oxygens (including phenoxy) is 1. The summed E-state index contributed by atoms with van der Waals surface area (Å²) >= 11 is 2.76. The fourth-order valence-electron chi connectivity index (χ4n) is 1.96. The third-order valence-corrected chi connectivity index (χ3v) is 5.74. The van der Waals surface area contributed by atoms with Crippen molar-refractivity contribution in [1.82, 2.24) is 0 Å². The summed E-state index contributed by atoms with van der Waals surface area (Å²) < 4.78 is 4.77. The highest BCUT2D eigenvalue weighted by Crippen LogP contribution is 2.41. The summed E-state index contributed by atoms with van der Waals surface area (Å²) in [6.45, 7) is 3.26. The minimum absolute atomic E-state index is 0.520. The lowest BCUT2D eigenvalue weighted by Crippen LogP contribution is -2.68. The van der Waals surface area contributed by atoms with Gasteiger partial charge in [-0.2, -0.15) is 0 Å². The van der Waals surface area contributed by atoms with Crippen molar-refractivity contribution in [3.8, 4) is 0 Å². The van der Waals surface area contributed by atoms with Gasteiger partial charge < -0.3 is 30.3 Å². The molecular formula is C11H22O6S2. The van der Waals surface area contributed by atoms with E-state index < -0.39 is 41.4 Å². The van der Waals surface area contributed by atoms with Gasteiger partial charge in [0, 0.05) is 0 Å². The minimum Gasteiger partial charge on any atom is -0.394 e. The molecule has 0 bridgehead atoms. The molecule has 1 fully saturated rings. The van der Waals surface area contributed by atoms with Gasteiger partial charge in [0.1, 0.15) is 29.0 Å². The van der Waals surface area contributed by atoms with Gasteiger partial charge in [-0.1, -0.05) is 13.8 Å². The van der Waals surface area contributed by atoms with Crippen molar-refractivity contribution in [1.29, 1.82) is 0 Å². The number of hydrogen-bond acceptors (Lipinski definition) is 8. The van der Waals surface area contributed by atoms with Gasteiger partial charge in [-0.25, -0.2) is 0 Å². The van der Waals surface area contributed by atoms with Gasteiger partial charge in [0.05, 0.1) is 6.61 Å². The average Bonchev–Trinajstić information content (AvgIpc) is 2.40. The smallest absolute Gasteiger partial charge is 0.216 e. The van der Waals surface area contributed by atoms with E-state index in [1.807, 2.05) is 13.8 Å². The predicted molar refractivity (Wildman–Crippen MR) is 75.0 cm³/mol. The van der Waals surface area contributed by atoms with Crippen molar-refractivity contribution in [2.24, 2.45) is 0 Å². The molecule has 0 aromatic carbocycles. The van der Waals surface area contributed by atoms with E-state index in [1.54, 1.807) is 0 Å². The van der Waals surface area contributed by atoms with Gasteiger partial charge in [-0.15, -0.1) is 23.5 Å². The van der Waals surface area contributed by atoms with Crippen molar-refractivity contribution < 1.29 is 30.3 Å². The van der Waals surface area contributed by atoms with Crippen LogP contribution < -0.4 is 0 Å². The Bertz CT molecular complexity index is 274. The molecule has 1 unspecified atom stereocenters. The lowest BCUT2D eigenvalue weighted by molar-refractivity contribution is -0.341. The number of aliphatic hydroxyl groups excluding tert-OH is 4. The summed E-state index contributed by atoms with van der Waals surface area (Å²) in [6, 6.07) is 0. The van der Waals surface area contributed by atoms with Crippen molar-refractivity contribution in [2.75, 3.05) is 18.1 Å². The summed E-state index contributed by atoms with van der Waals surface area (Å²) in [4.78, 5) is 0. The summed E-state index contributed by atoms with van der Waals surface area (Å²) in [6.07, 6.45) is -5.75. The second-order valence-electron chi connectivity index (χ2n) is 4.26. The van der Waals surface area contributed by atoms with E-state index in [0.29, 0.717) is 11.5 Å². The first-order valence-electron chi connectivity index (χ1n) is 6.20. The molecule has 19 heavy (non-hydrogen) atoms. The first kappa shape index (κ1) is 17.5. The summed E-state index contributed by atoms with van der Waals surface area (Å²) in [5.41, 5.74) is 0. The van der Waals surface area contributed by atoms with Crippen LogP contribution in [-0.2, 0) is 4.74 Å². The van der Waals surface area contributed by atoms with Crippen LogP contribution in [0.1, 0.15) is 13.8 Å². The van der Waals surface area contributed by atoms with Gasteiger partial charge in [0.25, 0.3) is 0 Å². The molecule has 1 heterocycles. The van der Waals surface area contributed by atoms with Crippen LogP contribution in [0.2, 0.25) is 0 Å². The van der Waals surface area contributed by atoms with Crippen LogP contribution in [0, 0.1) is 0 Å². The van der Waals surface area contributed by atoms with Crippen molar-refractivity contribution >= 4 is 23.5 Å². The highest BCUT2D eigenvalue weighted by molar-refractivity contribution is 8.17. The normalized spacial score (nSPS) is 39.8. The van der Waals surface area contributed by atoms with Gasteiger partial charge >= 0.3 is 0 Å². The van der Waals surface area contributed by atoms with Crippen LogP contribution in [0.15, 0.2) is 0 Å². The Labute approximate surface area is 121 Å². The molecule has 1 aliphatic rings. The molecule has 5 atom stereocenters. The Morgan fingerprint density at radius 2 is 1.63 bits per heavy atom. The first-order chi connectivity index (χ1) is 8.92. The van der Waals surface area contributed by atoms with Crippen LogP contribution in [-0.4, -0.2) is 78.4 Å². The zero-order valence-electron chi connectivity index (χ0n) is 11.0. The molecule has 0 amide bonds. The van der Waals surface area contributed by atoms with E-state index in [9.17, 15) is 20.4 Å². The summed E-state index contributed by atoms with van der Waals surface area (Å²) in [7, 11) is 0. The third kappa shape index (κ3) is 3.56. The van der Waals surface area contributed by atoms with Gasteiger partial charge in [-0.05, 0) is 11.5 Å². The van der Waals surface area contributed by atoms with Crippen LogP contribution in [0.25, 0.3) is 0 Å². The standard InChI is InChI=1S/C11H22O6S2/c1-3-18-10(19-4-2)11(16)9(15)8(14)7(13)6(5-12)17-11/h6-10,12-16H,3-5H2,1-2H3/t6-,7-,8+,9-,11?/m1/s1. The van der Waals surface area contributed by atoms with E-state index in [0.717, 1.165) is 0 Å². The van der Waals surface area contributed by atoms with E-state index >= 15 is 0 Å². The molecule has 0 aliphatic carbocycles. The largest absolute Gasteiger partial charge is 0.394 e. The highest BCUT2D eigenvalue weighted by Gasteiger charge is 2.56. The van der Waals surface area contributed by atoms with Crippen LogP contribution in [0.4, 0.5) is 0 Å². The molecular weight excluding hydrogens is 292 g/mol. The number of rotatable bonds is 6. The molecule has 1 saturated heterocycles. The molecule has 114 valence electrons. The van der Waals surface area contributed by atoms with E-state index in [2.05, 4.69) is 0 Å². The maximum Gasteiger partial charge on any atom is 0.216 e. The lowest BCUT2D eigenvalue weighted by Gasteiger charge is -2.48. The second-order valence-corrected chi connectivity index (χ2v) is 7.32. The molecule has 0 spiro atoms. The molecule has 0 saturated carbocycles. The third-order valence-electron chi connectivity index (χ3n) is 2.97. The molecule has 1 aliphatic heterocycles. The Balaban J connectivity index is 2.97. The zero-order valence-corrected chi connectivity index (χ0v) is 12.6. The van der Waals surface area contributed by atoms with E-state index in [-0.39, 0.29) is 0 Å². The van der Waals surface area contributed by atoms with Crippen LogP contribution in [0.3, 0.4) is 0 Å². The maximum absolute atomic E-state index is 10.6. The van der Waals surface area contributed by atoms with Crippen molar-refractivity contribution in [3.63, 3.8) is 0 Å². The van der Waals surface area contributed by atoms with Gasteiger partial charge in [0.15, 0.2) is 0 Å². The molecule has 1 rings (SSSR count). The Hall–Kier alpha value is 0.460. The van der Waals surface area contributed by atoms with Crippen LogP contribution >= 0.6 is 23.5 Å². The average molecular weight is 314 g/mol. The molecule has 8 heteroatoms. The molecule has 0 aromatic rings. The highest BCUT2D eigenvalue weighted by atomic mass is 32.2. The Kier molecular flexibility index (Phi) is 6.88.